The maximum atomic E-state index is 11.7. The van der Waals surface area contributed by atoms with E-state index in [4.69, 9.17) is 10.00 Å². The third-order valence-electron chi connectivity index (χ3n) is 2.65. The molecule has 1 fully saturated rings. The van der Waals surface area contributed by atoms with E-state index >= 15 is 0 Å². The second-order valence-corrected chi connectivity index (χ2v) is 3.70. The molecule has 0 saturated carbocycles. The number of carbonyl (C=O) groups excluding carboxylic acids is 1. The van der Waals surface area contributed by atoms with Crippen LogP contribution in [0.15, 0.2) is 24.3 Å². The average molecular weight is 216 g/mol. The zero-order chi connectivity index (χ0) is 11.5. The molecule has 1 amide bonds. The lowest BCUT2D eigenvalue weighted by atomic mass is 10.1. The zero-order valence-electron chi connectivity index (χ0n) is 9.01. The Bertz CT molecular complexity index is 451. The van der Waals surface area contributed by atoms with E-state index in [1.54, 1.807) is 0 Å². The van der Waals surface area contributed by atoms with Gasteiger partial charge in [0.15, 0.2) is 0 Å². The monoisotopic (exact) mass is 216 g/mol. The fraction of sp³-hybridized carbons (Fsp3) is 0.333. The van der Waals surface area contributed by atoms with E-state index in [-0.39, 0.29) is 0 Å². The molecule has 1 aromatic carbocycles. The number of hydrogen-bond donors (Lipinski definition) is 0. The Morgan fingerprint density at radius 1 is 1.50 bits per heavy atom. The molecule has 1 unspecified atom stereocenters. The molecule has 0 N–H and O–H groups in total. The minimum Gasteiger partial charge on any atom is -0.449 e. The van der Waals surface area contributed by atoms with Gasteiger partial charge in [-0.25, -0.2) is 4.79 Å². The third-order valence-corrected chi connectivity index (χ3v) is 2.65. The average Bonchev–Trinajstić information content (AvgIpc) is 2.30. The number of ether oxygens (including phenoxy) is 1. The van der Waals surface area contributed by atoms with E-state index in [2.05, 4.69) is 6.07 Å². The Kier molecular flexibility index (Phi) is 2.78. The Morgan fingerprint density at radius 2 is 2.25 bits per heavy atom. The van der Waals surface area contributed by atoms with Crippen LogP contribution in [0.1, 0.15) is 12.0 Å². The summed E-state index contributed by atoms with van der Waals surface area (Å²) in [7, 11) is 0. The summed E-state index contributed by atoms with van der Waals surface area (Å²) in [6.45, 7) is 2.23. The molecule has 1 atom stereocenters. The lowest BCUT2D eigenvalue weighted by Crippen LogP contribution is -2.45. The first-order valence-corrected chi connectivity index (χ1v) is 5.15. The largest absolute Gasteiger partial charge is 0.449 e. The highest BCUT2D eigenvalue weighted by molar-refractivity contribution is 5.90. The van der Waals surface area contributed by atoms with Gasteiger partial charge in [-0.2, -0.15) is 5.26 Å². The van der Waals surface area contributed by atoms with Crippen LogP contribution in [0.25, 0.3) is 0 Å². The van der Waals surface area contributed by atoms with Crippen LogP contribution < -0.4 is 4.90 Å². The standard InChI is InChI=1S/C12H12N2O2/c1-9-4-2-3-5-11(9)14-10(8-13)6-7-16-12(14)15/h2-5,10H,6-7H2,1H3. The molecule has 16 heavy (non-hydrogen) atoms. The Hall–Kier alpha value is -2.02. The molecular weight excluding hydrogens is 204 g/mol. The summed E-state index contributed by atoms with van der Waals surface area (Å²) in [5, 5.41) is 9.03. The van der Waals surface area contributed by atoms with Crippen molar-refractivity contribution < 1.29 is 9.53 Å². The van der Waals surface area contributed by atoms with Crippen LogP contribution in [0.5, 0.6) is 0 Å². The normalized spacial score (nSPS) is 20.1. The molecule has 0 spiro atoms. The van der Waals surface area contributed by atoms with E-state index in [9.17, 15) is 4.79 Å². The third kappa shape index (κ3) is 1.72. The number of rotatable bonds is 1. The van der Waals surface area contributed by atoms with Crippen LogP contribution in [0.4, 0.5) is 10.5 Å². The Balaban J connectivity index is 2.40. The summed E-state index contributed by atoms with van der Waals surface area (Å²) in [5.74, 6) is 0. The fourth-order valence-electron chi connectivity index (χ4n) is 1.81. The SMILES string of the molecule is Cc1ccccc1N1C(=O)OCCC1C#N. The van der Waals surface area contributed by atoms with Crippen molar-refractivity contribution in [3.05, 3.63) is 29.8 Å². The lowest BCUT2D eigenvalue weighted by molar-refractivity contribution is 0.134. The molecule has 4 nitrogen and oxygen atoms in total. The topological polar surface area (TPSA) is 53.3 Å². The highest BCUT2D eigenvalue weighted by Crippen LogP contribution is 2.25. The number of carbonyl (C=O) groups is 1. The van der Waals surface area contributed by atoms with Crippen molar-refractivity contribution >= 4 is 11.8 Å². The molecule has 0 radical (unpaired) electrons. The number of benzene rings is 1. The first-order chi connectivity index (χ1) is 7.74. The summed E-state index contributed by atoms with van der Waals surface area (Å²) in [6, 6.07) is 9.19. The van der Waals surface area contributed by atoms with Gasteiger partial charge in [0, 0.05) is 6.42 Å². The van der Waals surface area contributed by atoms with Gasteiger partial charge in [0.05, 0.1) is 18.4 Å². The molecule has 0 bridgehead atoms. The molecular formula is C12H12N2O2. The van der Waals surface area contributed by atoms with Crippen LogP contribution >= 0.6 is 0 Å². The molecule has 2 rings (SSSR count). The van der Waals surface area contributed by atoms with E-state index in [0.29, 0.717) is 13.0 Å². The summed E-state index contributed by atoms with van der Waals surface area (Å²) >= 11 is 0. The van der Waals surface area contributed by atoms with Gasteiger partial charge in [0.1, 0.15) is 6.04 Å². The number of anilines is 1. The molecule has 1 aromatic rings. The molecule has 0 aromatic heterocycles. The first-order valence-electron chi connectivity index (χ1n) is 5.15. The van der Waals surface area contributed by atoms with Gasteiger partial charge in [-0.1, -0.05) is 18.2 Å². The predicted molar refractivity (Wildman–Crippen MR) is 59.0 cm³/mol. The van der Waals surface area contributed by atoms with Gasteiger partial charge in [-0.15, -0.1) is 0 Å². The van der Waals surface area contributed by atoms with E-state index in [1.165, 1.54) is 4.90 Å². The summed E-state index contributed by atoms with van der Waals surface area (Å²) < 4.78 is 4.97. The molecule has 82 valence electrons. The summed E-state index contributed by atoms with van der Waals surface area (Å²) in [6.07, 6.45) is 0.114. The van der Waals surface area contributed by atoms with Gasteiger partial charge in [0.2, 0.25) is 0 Å². The molecule has 1 heterocycles. The maximum Gasteiger partial charge on any atom is 0.415 e. The predicted octanol–water partition coefficient (Wildman–Crippen LogP) is 2.23. The van der Waals surface area contributed by atoms with Gasteiger partial charge in [-0.3, -0.25) is 4.90 Å². The fourth-order valence-corrected chi connectivity index (χ4v) is 1.81. The Labute approximate surface area is 94.0 Å². The van der Waals surface area contributed by atoms with Gasteiger partial charge in [-0.05, 0) is 18.6 Å². The quantitative estimate of drug-likeness (QED) is 0.723. The number of amides is 1. The number of aryl methyl sites for hydroxylation is 1. The molecule has 1 aliphatic heterocycles. The lowest BCUT2D eigenvalue weighted by Gasteiger charge is -2.31. The zero-order valence-corrected chi connectivity index (χ0v) is 9.01. The summed E-state index contributed by atoms with van der Waals surface area (Å²) in [4.78, 5) is 13.1. The second kappa shape index (κ2) is 4.23. The highest BCUT2D eigenvalue weighted by Gasteiger charge is 2.31. The van der Waals surface area contributed by atoms with Crippen LogP contribution in [-0.2, 0) is 4.74 Å². The number of nitriles is 1. The van der Waals surface area contributed by atoms with Crippen molar-refractivity contribution in [1.29, 1.82) is 5.26 Å². The number of hydrogen-bond acceptors (Lipinski definition) is 3. The van der Waals surface area contributed by atoms with Gasteiger partial charge >= 0.3 is 6.09 Å². The second-order valence-electron chi connectivity index (χ2n) is 3.70. The summed E-state index contributed by atoms with van der Waals surface area (Å²) in [5.41, 5.74) is 1.71. The van der Waals surface area contributed by atoms with Crippen molar-refractivity contribution in [1.82, 2.24) is 0 Å². The van der Waals surface area contributed by atoms with Crippen molar-refractivity contribution in [3.8, 4) is 6.07 Å². The number of cyclic esters (lactones) is 1. The van der Waals surface area contributed by atoms with Crippen LogP contribution in [0, 0.1) is 18.3 Å². The molecule has 4 heteroatoms. The number of para-hydroxylation sites is 1. The minimum absolute atomic E-state index is 0.319. The van der Waals surface area contributed by atoms with Crippen LogP contribution in [0.2, 0.25) is 0 Å². The van der Waals surface area contributed by atoms with Crippen LogP contribution in [0.3, 0.4) is 0 Å². The van der Waals surface area contributed by atoms with Crippen molar-refractivity contribution in [3.63, 3.8) is 0 Å². The molecule has 0 aliphatic carbocycles. The van der Waals surface area contributed by atoms with E-state index < -0.39 is 12.1 Å². The first kappa shape index (κ1) is 10.5. The van der Waals surface area contributed by atoms with E-state index in [0.717, 1.165) is 11.3 Å². The highest BCUT2D eigenvalue weighted by atomic mass is 16.6. The van der Waals surface area contributed by atoms with Gasteiger partial charge < -0.3 is 4.74 Å². The maximum absolute atomic E-state index is 11.7. The molecule has 1 aliphatic rings. The minimum atomic E-state index is -0.438. The van der Waals surface area contributed by atoms with Gasteiger partial charge in [0.25, 0.3) is 0 Å². The number of nitrogens with zero attached hydrogens (tertiary/aromatic N) is 2. The van der Waals surface area contributed by atoms with Crippen molar-refractivity contribution in [2.24, 2.45) is 0 Å². The molecule has 1 saturated heterocycles. The Morgan fingerprint density at radius 3 is 2.94 bits per heavy atom. The van der Waals surface area contributed by atoms with Crippen molar-refractivity contribution in [2.45, 2.75) is 19.4 Å². The van der Waals surface area contributed by atoms with E-state index in [1.807, 2.05) is 31.2 Å². The van der Waals surface area contributed by atoms with Crippen molar-refractivity contribution in [2.75, 3.05) is 11.5 Å². The smallest absolute Gasteiger partial charge is 0.415 e. The van der Waals surface area contributed by atoms with Crippen LogP contribution in [-0.4, -0.2) is 18.7 Å².